The lowest BCUT2D eigenvalue weighted by Gasteiger charge is -2.39. The molecule has 3 rings (SSSR count). The Morgan fingerprint density at radius 3 is 2.70 bits per heavy atom. The Balaban J connectivity index is 1.70. The molecule has 116 valence electrons. The first-order valence-electron chi connectivity index (χ1n) is 7.78. The first kappa shape index (κ1) is 15.0. The Hall–Kier alpha value is 0.0569. The monoisotopic (exact) mass is 300 g/mol. The van der Waals surface area contributed by atoms with Crippen molar-refractivity contribution in [2.75, 3.05) is 13.2 Å². The van der Waals surface area contributed by atoms with Crippen molar-refractivity contribution in [2.24, 2.45) is 11.8 Å². The van der Waals surface area contributed by atoms with Crippen molar-refractivity contribution in [1.29, 1.82) is 0 Å². The van der Waals surface area contributed by atoms with E-state index in [9.17, 15) is 5.11 Å². The average Bonchev–Trinajstić information content (AvgIpc) is 2.96. The number of fused-ring (bicyclic) bond motifs is 1. The van der Waals surface area contributed by atoms with Crippen LogP contribution in [0.15, 0.2) is 0 Å². The smallest absolute Gasteiger partial charge is 0.191 e. The zero-order chi connectivity index (χ0) is 14.8. The van der Waals surface area contributed by atoms with Gasteiger partial charge in [-0.15, -0.1) is 0 Å². The summed E-state index contributed by atoms with van der Waals surface area (Å²) in [6, 6.07) is 0. The molecular weight excluding hydrogens is 272 g/mol. The van der Waals surface area contributed by atoms with Crippen molar-refractivity contribution in [2.45, 2.75) is 69.7 Å². The molecule has 3 aliphatic heterocycles. The van der Waals surface area contributed by atoms with Crippen LogP contribution in [-0.4, -0.2) is 44.6 Å². The first-order chi connectivity index (χ1) is 9.16. The molecule has 5 heteroatoms. The van der Waals surface area contributed by atoms with E-state index in [1.54, 1.807) is 0 Å². The molecule has 3 heterocycles. The van der Waals surface area contributed by atoms with Gasteiger partial charge in [0, 0.05) is 18.4 Å². The van der Waals surface area contributed by atoms with Crippen LogP contribution < -0.4 is 0 Å². The fourth-order valence-corrected chi connectivity index (χ4v) is 4.75. The Kier molecular flexibility index (Phi) is 3.39. The van der Waals surface area contributed by atoms with E-state index in [2.05, 4.69) is 33.9 Å². The standard InChI is InChI=1S/C15H28O4Si/c1-14(2,3)20(4,5)18-8-10-11-6-7-15(19-11)9-17-13(16)12(10)15/h10-13,16H,6-9H2,1-5H3/t10-,11-,12+,13?,15-/m0/s1. The average molecular weight is 300 g/mol. The topological polar surface area (TPSA) is 47.9 Å². The maximum absolute atomic E-state index is 10.1. The van der Waals surface area contributed by atoms with E-state index in [0.717, 1.165) is 12.8 Å². The van der Waals surface area contributed by atoms with Gasteiger partial charge in [-0.05, 0) is 31.0 Å². The third-order valence-corrected chi connectivity index (χ3v) is 10.5. The molecular formula is C15H28O4Si. The summed E-state index contributed by atoms with van der Waals surface area (Å²) < 4.78 is 18.0. The molecule has 3 fully saturated rings. The van der Waals surface area contributed by atoms with Gasteiger partial charge in [0.25, 0.3) is 0 Å². The van der Waals surface area contributed by atoms with E-state index in [1.807, 2.05) is 0 Å². The van der Waals surface area contributed by atoms with Crippen LogP contribution in [0.4, 0.5) is 0 Å². The normalized spacial score (nSPS) is 44.1. The van der Waals surface area contributed by atoms with Crippen LogP contribution in [0.1, 0.15) is 33.6 Å². The molecule has 1 unspecified atom stereocenters. The Labute approximate surface area is 122 Å². The van der Waals surface area contributed by atoms with E-state index in [0.29, 0.717) is 13.2 Å². The SMILES string of the molecule is CC(C)(C)[Si](C)(C)OC[C@H]1[C@@H]2CC[C@@]3(COC(O)[C@@H]13)O2. The fraction of sp³-hybridized carbons (Fsp3) is 1.00. The summed E-state index contributed by atoms with van der Waals surface area (Å²) >= 11 is 0. The molecule has 0 radical (unpaired) electrons. The van der Waals surface area contributed by atoms with Crippen molar-refractivity contribution in [3.05, 3.63) is 0 Å². The van der Waals surface area contributed by atoms with Gasteiger partial charge in [0.05, 0.1) is 12.7 Å². The number of aliphatic hydroxyl groups excluding tert-OH is 1. The van der Waals surface area contributed by atoms with Gasteiger partial charge in [0.15, 0.2) is 14.6 Å². The predicted molar refractivity (Wildman–Crippen MR) is 78.9 cm³/mol. The highest BCUT2D eigenvalue weighted by molar-refractivity contribution is 6.74. The zero-order valence-corrected chi connectivity index (χ0v) is 14.3. The Bertz CT molecular complexity index is 392. The number of ether oxygens (including phenoxy) is 2. The number of rotatable bonds is 3. The van der Waals surface area contributed by atoms with Crippen LogP contribution in [0.2, 0.25) is 18.1 Å². The van der Waals surface area contributed by atoms with Crippen LogP contribution in [0.3, 0.4) is 0 Å². The molecule has 1 spiro atoms. The third kappa shape index (κ3) is 2.10. The Morgan fingerprint density at radius 2 is 2.05 bits per heavy atom. The molecule has 0 aromatic carbocycles. The maximum Gasteiger partial charge on any atom is 0.191 e. The van der Waals surface area contributed by atoms with E-state index in [1.165, 1.54) is 0 Å². The summed E-state index contributed by atoms with van der Waals surface area (Å²) in [7, 11) is -1.75. The molecule has 0 saturated carbocycles. The van der Waals surface area contributed by atoms with E-state index >= 15 is 0 Å². The van der Waals surface area contributed by atoms with Crippen molar-refractivity contribution in [1.82, 2.24) is 0 Å². The lowest BCUT2D eigenvalue weighted by Crippen LogP contribution is -2.46. The minimum Gasteiger partial charge on any atom is -0.416 e. The molecule has 5 atom stereocenters. The molecule has 20 heavy (non-hydrogen) atoms. The van der Waals surface area contributed by atoms with E-state index < -0.39 is 14.6 Å². The Morgan fingerprint density at radius 1 is 1.35 bits per heavy atom. The molecule has 2 bridgehead atoms. The van der Waals surface area contributed by atoms with Gasteiger partial charge in [-0.3, -0.25) is 0 Å². The van der Waals surface area contributed by atoms with Gasteiger partial charge in [0.1, 0.15) is 5.60 Å². The second-order valence-electron chi connectivity index (χ2n) is 8.22. The third-order valence-electron chi connectivity index (χ3n) is 6.03. The maximum atomic E-state index is 10.1. The van der Waals surface area contributed by atoms with E-state index in [-0.39, 0.29) is 28.6 Å². The van der Waals surface area contributed by atoms with E-state index in [4.69, 9.17) is 13.9 Å². The van der Waals surface area contributed by atoms with Gasteiger partial charge in [-0.1, -0.05) is 20.8 Å². The summed E-state index contributed by atoms with van der Waals surface area (Å²) in [5.74, 6) is 0.390. The van der Waals surface area contributed by atoms with Gasteiger partial charge in [0.2, 0.25) is 0 Å². The van der Waals surface area contributed by atoms with Crippen molar-refractivity contribution < 1.29 is 19.0 Å². The summed E-state index contributed by atoms with van der Waals surface area (Å²) in [4.78, 5) is 0. The van der Waals surface area contributed by atoms with Crippen molar-refractivity contribution in [3.63, 3.8) is 0 Å². The quantitative estimate of drug-likeness (QED) is 0.814. The summed E-state index contributed by atoms with van der Waals surface area (Å²) in [6.45, 7) is 12.6. The van der Waals surface area contributed by atoms with Crippen molar-refractivity contribution >= 4 is 8.32 Å². The molecule has 1 N–H and O–H groups in total. The van der Waals surface area contributed by atoms with Gasteiger partial charge < -0.3 is 19.0 Å². The number of aliphatic hydroxyl groups is 1. The summed E-state index contributed by atoms with van der Waals surface area (Å²) in [5, 5.41) is 10.3. The predicted octanol–water partition coefficient (Wildman–Crippen LogP) is 2.52. The van der Waals surface area contributed by atoms with Crippen molar-refractivity contribution in [3.8, 4) is 0 Å². The second kappa shape index (κ2) is 4.52. The van der Waals surface area contributed by atoms with Crippen LogP contribution in [0.25, 0.3) is 0 Å². The highest BCUT2D eigenvalue weighted by atomic mass is 28.4. The first-order valence-corrected chi connectivity index (χ1v) is 10.7. The zero-order valence-electron chi connectivity index (χ0n) is 13.3. The molecule has 3 saturated heterocycles. The molecule has 3 aliphatic rings. The molecule has 0 amide bonds. The molecule has 0 aromatic heterocycles. The highest BCUT2D eigenvalue weighted by Crippen LogP contribution is 2.56. The number of hydrogen-bond donors (Lipinski definition) is 1. The van der Waals surface area contributed by atoms with Gasteiger partial charge in [-0.2, -0.15) is 0 Å². The van der Waals surface area contributed by atoms with Crippen LogP contribution in [-0.2, 0) is 13.9 Å². The van der Waals surface area contributed by atoms with Crippen LogP contribution in [0, 0.1) is 11.8 Å². The minimum atomic E-state index is -1.75. The molecule has 0 aromatic rings. The lowest BCUT2D eigenvalue weighted by molar-refractivity contribution is -0.102. The van der Waals surface area contributed by atoms with Gasteiger partial charge in [-0.25, -0.2) is 0 Å². The minimum absolute atomic E-state index is 0.103. The fourth-order valence-electron chi connectivity index (χ4n) is 3.71. The second-order valence-corrected chi connectivity index (χ2v) is 13.0. The van der Waals surface area contributed by atoms with Crippen LogP contribution >= 0.6 is 0 Å². The largest absolute Gasteiger partial charge is 0.416 e. The number of hydrogen-bond acceptors (Lipinski definition) is 4. The van der Waals surface area contributed by atoms with Gasteiger partial charge >= 0.3 is 0 Å². The lowest BCUT2D eigenvalue weighted by atomic mass is 9.73. The highest BCUT2D eigenvalue weighted by Gasteiger charge is 2.65. The summed E-state index contributed by atoms with van der Waals surface area (Å²) in [5.41, 5.74) is -0.217. The molecule has 0 aliphatic carbocycles. The van der Waals surface area contributed by atoms with Crippen LogP contribution in [0.5, 0.6) is 0 Å². The summed E-state index contributed by atoms with van der Waals surface area (Å²) in [6.07, 6.45) is 1.69. The molecule has 4 nitrogen and oxygen atoms in total.